The summed E-state index contributed by atoms with van der Waals surface area (Å²) >= 11 is 0. The van der Waals surface area contributed by atoms with Gasteiger partial charge in [0, 0.05) is 32.2 Å². The predicted octanol–water partition coefficient (Wildman–Crippen LogP) is 2.37. The summed E-state index contributed by atoms with van der Waals surface area (Å²) in [6.07, 6.45) is 8.66. The fourth-order valence-electron chi connectivity index (χ4n) is 3.33. The fourth-order valence-corrected chi connectivity index (χ4v) is 3.33. The van der Waals surface area contributed by atoms with Crippen LogP contribution in [0, 0.1) is 11.3 Å². The van der Waals surface area contributed by atoms with Crippen LogP contribution < -0.4 is 5.32 Å². The van der Waals surface area contributed by atoms with E-state index in [1.54, 1.807) is 0 Å². The summed E-state index contributed by atoms with van der Waals surface area (Å²) in [6, 6.07) is 0.0569. The summed E-state index contributed by atoms with van der Waals surface area (Å²) in [5.41, 5.74) is 0.280. The molecule has 0 unspecified atom stereocenters. The van der Waals surface area contributed by atoms with Crippen molar-refractivity contribution in [2.24, 2.45) is 11.3 Å². The van der Waals surface area contributed by atoms with E-state index in [1.165, 1.54) is 38.5 Å². The number of nitrogens with zero attached hydrogens (tertiary/aromatic N) is 1. The van der Waals surface area contributed by atoms with Crippen LogP contribution in [0.2, 0.25) is 0 Å². The van der Waals surface area contributed by atoms with Gasteiger partial charge in [-0.15, -0.1) is 0 Å². The third kappa shape index (κ3) is 4.10. The normalized spacial score (nSPS) is 27.1. The third-order valence-corrected chi connectivity index (χ3v) is 4.81. The van der Waals surface area contributed by atoms with E-state index in [0.29, 0.717) is 6.54 Å². The molecule has 4 nitrogen and oxygen atoms in total. The number of nitrogens with one attached hydrogen (secondary N) is 1. The van der Waals surface area contributed by atoms with Crippen molar-refractivity contribution in [3.05, 3.63) is 0 Å². The van der Waals surface area contributed by atoms with E-state index < -0.39 is 0 Å². The molecule has 19 heavy (non-hydrogen) atoms. The molecular formula is C15H28N2O2. The maximum atomic E-state index is 12.1. The minimum atomic E-state index is 0.0569. The Bertz CT molecular complexity index is 299. The van der Waals surface area contributed by atoms with Crippen molar-refractivity contribution >= 4 is 6.03 Å². The minimum Gasteiger partial charge on any atom is -0.396 e. The third-order valence-electron chi connectivity index (χ3n) is 4.81. The number of urea groups is 1. The second-order valence-electron chi connectivity index (χ2n) is 6.67. The molecule has 0 aromatic carbocycles. The Morgan fingerprint density at radius 3 is 2.58 bits per heavy atom. The first-order valence-corrected chi connectivity index (χ1v) is 7.77. The summed E-state index contributed by atoms with van der Waals surface area (Å²) in [7, 11) is 0. The van der Waals surface area contributed by atoms with E-state index in [2.05, 4.69) is 12.2 Å². The van der Waals surface area contributed by atoms with Crippen LogP contribution in [0.25, 0.3) is 0 Å². The van der Waals surface area contributed by atoms with E-state index in [9.17, 15) is 4.79 Å². The largest absolute Gasteiger partial charge is 0.396 e. The molecular weight excluding hydrogens is 240 g/mol. The standard InChI is InChI=1S/C15H28N2O2/c1-15(7-4-2-3-5-8-15)12-16-14(19)17-9-6-13(10-17)11-18/h13,18H,2-12H2,1H3,(H,16,19)/t13-/m1/s1. The number of carbonyl (C=O) groups is 1. The van der Waals surface area contributed by atoms with E-state index in [1.807, 2.05) is 4.90 Å². The Morgan fingerprint density at radius 2 is 2.00 bits per heavy atom. The highest BCUT2D eigenvalue weighted by molar-refractivity contribution is 5.74. The molecule has 4 heteroatoms. The van der Waals surface area contributed by atoms with Gasteiger partial charge in [0.15, 0.2) is 0 Å². The van der Waals surface area contributed by atoms with Crippen LogP contribution in [-0.4, -0.2) is 42.3 Å². The first-order valence-electron chi connectivity index (χ1n) is 7.77. The molecule has 1 saturated heterocycles. The number of amides is 2. The van der Waals surface area contributed by atoms with Crippen molar-refractivity contribution in [1.29, 1.82) is 0 Å². The average molecular weight is 268 g/mol. The lowest BCUT2D eigenvalue weighted by Gasteiger charge is -2.29. The van der Waals surface area contributed by atoms with Crippen molar-refractivity contribution < 1.29 is 9.90 Å². The highest BCUT2D eigenvalue weighted by Gasteiger charge is 2.29. The Hall–Kier alpha value is -0.770. The van der Waals surface area contributed by atoms with Gasteiger partial charge in [0.2, 0.25) is 0 Å². The molecule has 2 rings (SSSR count). The number of rotatable bonds is 3. The molecule has 0 aromatic heterocycles. The molecule has 1 aliphatic heterocycles. The van der Waals surface area contributed by atoms with Gasteiger partial charge >= 0.3 is 6.03 Å². The Kier molecular flexibility index (Phi) is 5.08. The molecule has 1 aliphatic carbocycles. The van der Waals surface area contributed by atoms with Crippen molar-refractivity contribution in [2.75, 3.05) is 26.2 Å². The number of hydrogen-bond acceptors (Lipinski definition) is 2. The molecule has 0 bridgehead atoms. The van der Waals surface area contributed by atoms with Crippen LogP contribution in [0.1, 0.15) is 51.9 Å². The topological polar surface area (TPSA) is 52.6 Å². The molecule has 2 fully saturated rings. The Labute approximate surface area is 116 Å². The zero-order valence-corrected chi connectivity index (χ0v) is 12.2. The van der Waals surface area contributed by atoms with Crippen molar-refractivity contribution in [3.63, 3.8) is 0 Å². The molecule has 0 aromatic rings. The van der Waals surface area contributed by atoms with Crippen molar-refractivity contribution in [2.45, 2.75) is 51.9 Å². The lowest BCUT2D eigenvalue weighted by molar-refractivity contribution is 0.188. The second kappa shape index (κ2) is 6.60. The van der Waals surface area contributed by atoms with Gasteiger partial charge in [-0.1, -0.05) is 32.6 Å². The summed E-state index contributed by atoms with van der Waals surface area (Å²) in [4.78, 5) is 14.0. The molecule has 0 spiro atoms. The zero-order chi connectivity index (χ0) is 13.7. The number of carbonyl (C=O) groups excluding carboxylic acids is 1. The molecule has 110 valence electrons. The van der Waals surface area contributed by atoms with E-state index in [4.69, 9.17) is 5.11 Å². The number of aliphatic hydroxyl groups excluding tert-OH is 1. The monoisotopic (exact) mass is 268 g/mol. The van der Waals surface area contributed by atoms with Gasteiger partial charge < -0.3 is 15.3 Å². The first kappa shape index (κ1) is 14.6. The number of aliphatic hydroxyl groups is 1. The lowest BCUT2D eigenvalue weighted by Crippen LogP contribution is -2.43. The zero-order valence-electron chi connectivity index (χ0n) is 12.2. The van der Waals surface area contributed by atoms with Crippen molar-refractivity contribution in [3.8, 4) is 0 Å². The smallest absolute Gasteiger partial charge is 0.317 e. The highest BCUT2D eigenvalue weighted by atomic mass is 16.3. The SMILES string of the molecule is CC1(CNC(=O)N2CC[C@@H](CO)C2)CCCCCC1. The summed E-state index contributed by atoms with van der Waals surface area (Å²) < 4.78 is 0. The maximum absolute atomic E-state index is 12.1. The molecule has 1 atom stereocenters. The maximum Gasteiger partial charge on any atom is 0.317 e. The van der Waals surface area contributed by atoms with Crippen LogP contribution in [0.5, 0.6) is 0 Å². The summed E-state index contributed by atoms with van der Waals surface area (Å²) in [6.45, 7) is 4.79. The molecule has 0 radical (unpaired) electrons. The summed E-state index contributed by atoms with van der Waals surface area (Å²) in [5, 5.41) is 12.2. The van der Waals surface area contributed by atoms with Gasteiger partial charge in [-0.05, 0) is 24.7 Å². The number of likely N-dealkylation sites (tertiary alicyclic amines) is 1. The van der Waals surface area contributed by atoms with Gasteiger partial charge in [-0.25, -0.2) is 4.79 Å². The second-order valence-corrected chi connectivity index (χ2v) is 6.67. The van der Waals surface area contributed by atoms with Crippen molar-refractivity contribution in [1.82, 2.24) is 10.2 Å². The lowest BCUT2D eigenvalue weighted by atomic mass is 9.82. The van der Waals surface area contributed by atoms with E-state index >= 15 is 0 Å². The number of hydrogen-bond donors (Lipinski definition) is 2. The summed E-state index contributed by atoms with van der Waals surface area (Å²) in [5.74, 6) is 0.277. The van der Waals surface area contributed by atoms with E-state index in [-0.39, 0.29) is 24.0 Å². The van der Waals surface area contributed by atoms with Crippen LogP contribution >= 0.6 is 0 Å². The van der Waals surface area contributed by atoms with Crippen LogP contribution in [0.4, 0.5) is 4.79 Å². The van der Waals surface area contributed by atoms with Gasteiger partial charge in [-0.2, -0.15) is 0 Å². The highest BCUT2D eigenvalue weighted by Crippen LogP contribution is 2.33. The van der Waals surface area contributed by atoms with Gasteiger partial charge in [-0.3, -0.25) is 0 Å². The van der Waals surface area contributed by atoms with Gasteiger partial charge in [0.25, 0.3) is 0 Å². The van der Waals surface area contributed by atoms with Crippen LogP contribution in [0.3, 0.4) is 0 Å². The van der Waals surface area contributed by atoms with Crippen LogP contribution in [0.15, 0.2) is 0 Å². The Morgan fingerprint density at radius 1 is 1.32 bits per heavy atom. The molecule has 2 aliphatic rings. The average Bonchev–Trinajstić information content (AvgIpc) is 2.79. The van der Waals surface area contributed by atoms with E-state index in [0.717, 1.165) is 19.5 Å². The molecule has 2 amide bonds. The molecule has 1 heterocycles. The van der Waals surface area contributed by atoms with Gasteiger partial charge in [0.1, 0.15) is 0 Å². The minimum absolute atomic E-state index is 0.0569. The Balaban J connectivity index is 1.76. The molecule has 2 N–H and O–H groups in total. The first-order chi connectivity index (χ1) is 9.13. The quantitative estimate of drug-likeness (QED) is 0.772. The predicted molar refractivity (Wildman–Crippen MR) is 76.0 cm³/mol. The molecule has 1 saturated carbocycles. The van der Waals surface area contributed by atoms with Gasteiger partial charge in [0.05, 0.1) is 0 Å². The fraction of sp³-hybridized carbons (Fsp3) is 0.933. The van der Waals surface area contributed by atoms with Crippen LogP contribution in [-0.2, 0) is 0 Å².